The molecule has 1 fully saturated rings. The van der Waals surface area contributed by atoms with Gasteiger partial charge in [0.15, 0.2) is 0 Å². The van der Waals surface area contributed by atoms with E-state index in [2.05, 4.69) is 19.2 Å². The van der Waals surface area contributed by atoms with Crippen LogP contribution in [0.25, 0.3) is 0 Å². The fourth-order valence-corrected chi connectivity index (χ4v) is 5.32. The van der Waals surface area contributed by atoms with Crippen LogP contribution in [0.15, 0.2) is 0 Å². The number of aromatic nitrogens is 1. The van der Waals surface area contributed by atoms with E-state index in [0.29, 0.717) is 5.92 Å². The second kappa shape index (κ2) is 5.53. The van der Waals surface area contributed by atoms with Crippen LogP contribution in [0.4, 0.5) is 0 Å². The molecule has 1 heterocycles. The summed E-state index contributed by atoms with van der Waals surface area (Å²) in [5.74, 6) is 0.716. The van der Waals surface area contributed by atoms with Crippen molar-refractivity contribution in [2.45, 2.75) is 70.8 Å². The Bertz CT molecular complexity index is 412. The van der Waals surface area contributed by atoms with E-state index in [0.717, 1.165) is 6.54 Å². The molecule has 2 nitrogen and oxygen atoms in total. The Kier molecular flexibility index (Phi) is 3.95. The highest BCUT2D eigenvalue weighted by Crippen LogP contribution is 2.44. The second-order valence-corrected chi connectivity index (χ2v) is 7.33. The highest BCUT2D eigenvalue weighted by molar-refractivity contribution is 7.11. The highest BCUT2D eigenvalue weighted by Gasteiger charge is 2.42. The molecule has 0 saturated heterocycles. The van der Waals surface area contributed by atoms with Crippen LogP contribution in [0.2, 0.25) is 0 Å². The largest absolute Gasteiger partial charge is 0.305 e. The van der Waals surface area contributed by atoms with Gasteiger partial charge in [-0.2, -0.15) is 0 Å². The molecule has 0 radical (unpaired) electrons. The van der Waals surface area contributed by atoms with Crippen molar-refractivity contribution in [3.05, 3.63) is 15.6 Å². The quantitative estimate of drug-likeness (QED) is 0.902. The maximum absolute atomic E-state index is 5.07. The summed E-state index contributed by atoms with van der Waals surface area (Å²) in [4.78, 5) is 6.65. The minimum absolute atomic E-state index is 0.176. The van der Waals surface area contributed by atoms with Crippen LogP contribution in [0.3, 0.4) is 0 Å². The van der Waals surface area contributed by atoms with Crippen molar-refractivity contribution in [1.29, 1.82) is 0 Å². The first-order valence-corrected chi connectivity index (χ1v) is 8.82. The molecule has 2 aliphatic carbocycles. The predicted octanol–water partition coefficient (Wildman–Crippen LogP) is 4.04. The zero-order valence-electron chi connectivity index (χ0n) is 12.3. The van der Waals surface area contributed by atoms with Crippen molar-refractivity contribution in [2.24, 2.45) is 5.92 Å². The Balaban J connectivity index is 1.97. The molecule has 1 saturated carbocycles. The van der Waals surface area contributed by atoms with Gasteiger partial charge in [0.1, 0.15) is 5.01 Å². The smallest absolute Gasteiger partial charge is 0.114 e. The number of aryl methyl sites for hydroxylation is 2. The lowest BCUT2D eigenvalue weighted by atomic mass is 9.74. The maximum atomic E-state index is 5.07. The summed E-state index contributed by atoms with van der Waals surface area (Å²) in [6.07, 6.45) is 10.5. The molecule has 3 rings (SSSR count). The second-order valence-electron chi connectivity index (χ2n) is 6.24. The first-order valence-electron chi connectivity index (χ1n) is 8.00. The number of fused-ring (bicyclic) bond motifs is 1. The Hall–Kier alpha value is -0.410. The topological polar surface area (TPSA) is 24.9 Å². The van der Waals surface area contributed by atoms with E-state index >= 15 is 0 Å². The molecule has 0 aromatic carbocycles. The van der Waals surface area contributed by atoms with E-state index in [1.165, 1.54) is 62.1 Å². The Labute approximate surface area is 121 Å². The van der Waals surface area contributed by atoms with Crippen LogP contribution in [0, 0.1) is 5.92 Å². The Morgan fingerprint density at radius 2 is 2.11 bits per heavy atom. The van der Waals surface area contributed by atoms with Crippen LogP contribution in [-0.2, 0) is 18.4 Å². The highest BCUT2D eigenvalue weighted by atomic mass is 32.1. The average molecular weight is 278 g/mol. The molecule has 1 aromatic rings. The standard InChI is InChI=1S/C16H26N2S/c1-3-17-16(11-7-6-8-12(16)2)15-18-13-9-4-5-10-14(13)19-15/h12,17H,3-11H2,1-2H3. The molecular formula is C16H26N2S. The van der Waals surface area contributed by atoms with E-state index in [9.17, 15) is 0 Å². The van der Waals surface area contributed by atoms with Crippen LogP contribution >= 0.6 is 11.3 Å². The fraction of sp³-hybridized carbons (Fsp3) is 0.812. The predicted molar refractivity (Wildman–Crippen MR) is 81.7 cm³/mol. The molecular weight excluding hydrogens is 252 g/mol. The molecule has 19 heavy (non-hydrogen) atoms. The van der Waals surface area contributed by atoms with E-state index < -0.39 is 0 Å². The monoisotopic (exact) mass is 278 g/mol. The molecule has 0 aliphatic heterocycles. The van der Waals surface area contributed by atoms with Gasteiger partial charge in [-0.3, -0.25) is 0 Å². The molecule has 0 amide bonds. The van der Waals surface area contributed by atoms with Crippen LogP contribution in [0.5, 0.6) is 0 Å². The molecule has 0 spiro atoms. The fourth-order valence-electron chi connectivity index (χ4n) is 3.86. The third-order valence-electron chi connectivity index (χ3n) is 5.02. The lowest BCUT2D eigenvalue weighted by Gasteiger charge is -2.42. The van der Waals surface area contributed by atoms with Crippen LogP contribution < -0.4 is 5.32 Å². The molecule has 2 atom stereocenters. The van der Waals surface area contributed by atoms with E-state index in [-0.39, 0.29) is 5.54 Å². The van der Waals surface area contributed by atoms with Crippen molar-refractivity contribution in [2.75, 3.05) is 6.54 Å². The molecule has 3 heteroatoms. The molecule has 1 N–H and O–H groups in total. The number of hydrogen-bond acceptors (Lipinski definition) is 3. The van der Waals surface area contributed by atoms with Gasteiger partial charge in [-0.25, -0.2) is 4.98 Å². The number of rotatable bonds is 3. The first-order chi connectivity index (χ1) is 9.26. The van der Waals surface area contributed by atoms with Gasteiger partial charge in [0.2, 0.25) is 0 Å². The molecule has 2 unspecified atom stereocenters. The Morgan fingerprint density at radius 3 is 2.84 bits per heavy atom. The summed E-state index contributed by atoms with van der Waals surface area (Å²) in [6, 6.07) is 0. The third-order valence-corrected chi connectivity index (χ3v) is 6.35. The molecule has 0 bridgehead atoms. The number of hydrogen-bond donors (Lipinski definition) is 1. The van der Waals surface area contributed by atoms with Gasteiger partial charge in [-0.15, -0.1) is 11.3 Å². The molecule has 1 aromatic heterocycles. The van der Waals surface area contributed by atoms with Gasteiger partial charge in [-0.1, -0.05) is 26.7 Å². The zero-order chi connectivity index (χ0) is 13.3. The van der Waals surface area contributed by atoms with Gasteiger partial charge in [0.25, 0.3) is 0 Å². The van der Waals surface area contributed by atoms with Crippen LogP contribution in [0.1, 0.15) is 68.0 Å². The Morgan fingerprint density at radius 1 is 1.26 bits per heavy atom. The minimum Gasteiger partial charge on any atom is -0.305 e. The summed E-state index contributed by atoms with van der Waals surface area (Å²) in [5, 5.41) is 5.22. The van der Waals surface area contributed by atoms with Gasteiger partial charge >= 0.3 is 0 Å². The normalized spacial score (nSPS) is 31.2. The van der Waals surface area contributed by atoms with E-state index in [4.69, 9.17) is 4.98 Å². The SMILES string of the molecule is CCNC1(c2nc3c(s2)CCCC3)CCCCC1C. The lowest BCUT2D eigenvalue weighted by molar-refractivity contribution is 0.156. The van der Waals surface area contributed by atoms with Crippen molar-refractivity contribution < 1.29 is 0 Å². The van der Waals surface area contributed by atoms with Gasteiger partial charge < -0.3 is 5.32 Å². The van der Waals surface area contributed by atoms with Crippen molar-refractivity contribution in [3.63, 3.8) is 0 Å². The van der Waals surface area contributed by atoms with Gasteiger partial charge in [0.05, 0.1) is 11.2 Å². The molecule has 106 valence electrons. The number of nitrogens with zero attached hydrogens (tertiary/aromatic N) is 1. The molecule has 2 aliphatic rings. The summed E-state index contributed by atoms with van der Waals surface area (Å²) in [7, 11) is 0. The average Bonchev–Trinajstić information content (AvgIpc) is 2.86. The van der Waals surface area contributed by atoms with Crippen LogP contribution in [-0.4, -0.2) is 11.5 Å². The van der Waals surface area contributed by atoms with Crippen molar-refractivity contribution in [3.8, 4) is 0 Å². The summed E-state index contributed by atoms with van der Waals surface area (Å²) < 4.78 is 0. The minimum atomic E-state index is 0.176. The van der Waals surface area contributed by atoms with Crippen molar-refractivity contribution >= 4 is 11.3 Å². The maximum Gasteiger partial charge on any atom is 0.114 e. The van der Waals surface area contributed by atoms with E-state index in [1.54, 1.807) is 4.88 Å². The lowest BCUT2D eigenvalue weighted by Crippen LogP contribution is -2.49. The number of thiazole rings is 1. The summed E-state index contributed by atoms with van der Waals surface area (Å²) in [5.41, 5.74) is 1.59. The summed E-state index contributed by atoms with van der Waals surface area (Å²) in [6.45, 7) is 5.70. The summed E-state index contributed by atoms with van der Waals surface area (Å²) >= 11 is 2.01. The zero-order valence-corrected chi connectivity index (χ0v) is 13.1. The third kappa shape index (κ3) is 2.36. The van der Waals surface area contributed by atoms with Gasteiger partial charge in [0, 0.05) is 4.88 Å². The van der Waals surface area contributed by atoms with E-state index in [1.807, 2.05) is 11.3 Å². The van der Waals surface area contributed by atoms with Gasteiger partial charge in [-0.05, 0) is 51.0 Å². The van der Waals surface area contributed by atoms with Crippen molar-refractivity contribution in [1.82, 2.24) is 10.3 Å². The first kappa shape index (κ1) is 13.6. The number of nitrogens with one attached hydrogen (secondary N) is 1.